The Morgan fingerprint density at radius 2 is 2.15 bits per heavy atom. The van der Waals surface area contributed by atoms with Crippen LogP contribution in [0.15, 0.2) is 16.3 Å². The van der Waals surface area contributed by atoms with Gasteiger partial charge < -0.3 is 5.32 Å². The van der Waals surface area contributed by atoms with Gasteiger partial charge in [0.2, 0.25) is 10.0 Å². The number of sulfonamides is 1. The van der Waals surface area contributed by atoms with Gasteiger partial charge >= 0.3 is 0 Å². The topological polar surface area (TPSA) is 58.2 Å². The first-order valence-electron chi connectivity index (χ1n) is 6.84. The minimum atomic E-state index is -3.38. The Hall–Kier alpha value is -0.0800. The van der Waals surface area contributed by atoms with Gasteiger partial charge in [0.25, 0.3) is 0 Å². The van der Waals surface area contributed by atoms with E-state index in [4.69, 9.17) is 0 Å². The molecule has 0 aromatic carbocycles. The Morgan fingerprint density at radius 3 is 2.85 bits per heavy atom. The molecule has 2 rings (SSSR count). The fourth-order valence-corrected chi connectivity index (χ4v) is 6.17. The molecule has 1 aromatic heterocycles. The Bertz CT molecular complexity index is 527. The first kappa shape index (κ1) is 16.3. The van der Waals surface area contributed by atoms with E-state index in [0.29, 0.717) is 16.7 Å². The average molecular weight is 335 g/mol. The summed E-state index contributed by atoms with van der Waals surface area (Å²) >= 11 is 3.25. The van der Waals surface area contributed by atoms with Crippen LogP contribution in [0.5, 0.6) is 0 Å². The maximum Gasteiger partial charge on any atom is 0.241 e. The summed E-state index contributed by atoms with van der Waals surface area (Å²) in [4.78, 5) is 1.44. The van der Waals surface area contributed by atoms with Crippen molar-refractivity contribution in [3.05, 3.63) is 16.3 Å². The summed E-state index contributed by atoms with van der Waals surface area (Å²) in [5, 5.41) is 5.16. The van der Waals surface area contributed by atoms with Gasteiger partial charge in [-0.3, -0.25) is 0 Å². The van der Waals surface area contributed by atoms with Gasteiger partial charge in [0.05, 0.1) is 4.90 Å². The van der Waals surface area contributed by atoms with Gasteiger partial charge in [0.1, 0.15) is 0 Å². The third-order valence-corrected chi connectivity index (χ3v) is 7.33. The van der Waals surface area contributed by atoms with Crippen molar-refractivity contribution in [1.82, 2.24) is 10.0 Å². The zero-order valence-corrected chi connectivity index (χ0v) is 14.3. The second kappa shape index (κ2) is 7.26. The third-order valence-electron chi connectivity index (χ3n) is 3.60. The molecule has 1 saturated carbocycles. The van der Waals surface area contributed by atoms with Gasteiger partial charge in [-0.1, -0.05) is 12.8 Å². The molecule has 2 N–H and O–H groups in total. The first-order valence-corrected chi connectivity index (χ1v) is 10.5. The Morgan fingerprint density at radius 1 is 1.40 bits per heavy atom. The van der Waals surface area contributed by atoms with Gasteiger partial charge in [-0.15, -0.1) is 11.3 Å². The molecule has 4 nitrogen and oxygen atoms in total. The molecule has 1 fully saturated rings. The van der Waals surface area contributed by atoms with Crippen LogP contribution in [0, 0.1) is 0 Å². The monoisotopic (exact) mass is 334 g/mol. The number of hydrogen-bond donors (Lipinski definition) is 2. The standard InChI is InChI=1S/C13H22N2O2S3/c1-14-8-10-7-11(9-19-10)20(16,17)15-12-5-3-4-6-13(12)18-2/h7,9,12-15H,3-6,8H2,1-2H3. The lowest BCUT2D eigenvalue weighted by atomic mass is 9.96. The molecule has 0 saturated heterocycles. The normalized spacial score (nSPS) is 23.9. The van der Waals surface area contributed by atoms with Crippen molar-refractivity contribution in [2.75, 3.05) is 13.3 Å². The van der Waals surface area contributed by atoms with E-state index in [0.717, 1.165) is 24.1 Å². The molecule has 1 aliphatic rings. The van der Waals surface area contributed by atoms with E-state index < -0.39 is 10.0 Å². The summed E-state index contributed by atoms with van der Waals surface area (Å²) in [5.74, 6) is 0. The summed E-state index contributed by atoms with van der Waals surface area (Å²) in [6, 6.07) is 1.83. The van der Waals surface area contributed by atoms with Crippen molar-refractivity contribution in [3.8, 4) is 0 Å². The van der Waals surface area contributed by atoms with Crippen LogP contribution >= 0.6 is 23.1 Å². The third kappa shape index (κ3) is 3.98. The predicted molar refractivity (Wildman–Crippen MR) is 87.0 cm³/mol. The SMILES string of the molecule is CNCc1cc(S(=O)(=O)NC2CCCCC2SC)cs1. The maximum absolute atomic E-state index is 12.4. The molecule has 0 amide bonds. The van der Waals surface area contributed by atoms with Crippen LogP contribution in [0.2, 0.25) is 0 Å². The largest absolute Gasteiger partial charge is 0.315 e. The number of hydrogen-bond acceptors (Lipinski definition) is 5. The van der Waals surface area contributed by atoms with Gasteiger partial charge in [-0.25, -0.2) is 13.1 Å². The zero-order chi connectivity index (χ0) is 14.6. The Balaban J connectivity index is 2.09. The molecule has 0 spiro atoms. The van der Waals surface area contributed by atoms with E-state index in [1.165, 1.54) is 17.8 Å². The van der Waals surface area contributed by atoms with Crippen molar-refractivity contribution in [3.63, 3.8) is 0 Å². The molecule has 114 valence electrons. The smallest absolute Gasteiger partial charge is 0.241 e. The van der Waals surface area contributed by atoms with Crippen LogP contribution in [0.3, 0.4) is 0 Å². The minimum Gasteiger partial charge on any atom is -0.315 e. The molecule has 0 aliphatic heterocycles. The Kier molecular flexibility index (Phi) is 5.92. The van der Waals surface area contributed by atoms with Crippen LogP contribution in [-0.2, 0) is 16.6 Å². The van der Waals surface area contributed by atoms with Gasteiger partial charge in [-0.05, 0) is 32.2 Å². The number of nitrogens with one attached hydrogen (secondary N) is 2. The van der Waals surface area contributed by atoms with Crippen LogP contribution < -0.4 is 10.0 Å². The zero-order valence-electron chi connectivity index (χ0n) is 11.9. The molecule has 0 radical (unpaired) electrons. The molecule has 2 unspecified atom stereocenters. The highest BCUT2D eigenvalue weighted by Crippen LogP contribution is 2.29. The molecule has 20 heavy (non-hydrogen) atoms. The molecule has 1 heterocycles. The summed E-state index contributed by atoms with van der Waals surface area (Å²) in [7, 11) is -1.52. The molecule has 7 heteroatoms. The lowest BCUT2D eigenvalue weighted by Crippen LogP contribution is -2.43. The predicted octanol–water partition coefficient (Wildman–Crippen LogP) is 2.42. The van der Waals surface area contributed by atoms with E-state index in [1.54, 1.807) is 23.2 Å². The van der Waals surface area contributed by atoms with Crippen LogP contribution in [0.4, 0.5) is 0 Å². The second-order valence-corrected chi connectivity index (χ2v) is 8.85. The molecule has 1 aliphatic carbocycles. The highest BCUT2D eigenvalue weighted by atomic mass is 32.2. The number of rotatable bonds is 6. The number of thioether (sulfide) groups is 1. The molecule has 0 bridgehead atoms. The maximum atomic E-state index is 12.4. The van der Waals surface area contributed by atoms with Crippen molar-refractivity contribution >= 4 is 33.1 Å². The van der Waals surface area contributed by atoms with Gasteiger partial charge in [0.15, 0.2) is 0 Å². The fraction of sp³-hybridized carbons (Fsp3) is 0.692. The van der Waals surface area contributed by atoms with E-state index in [2.05, 4.69) is 16.3 Å². The lowest BCUT2D eigenvalue weighted by Gasteiger charge is -2.30. The number of thiophene rings is 1. The van der Waals surface area contributed by atoms with Crippen LogP contribution in [0.1, 0.15) is 30.6 Å². The van der Waals surface area contributed by atoms with E-state index >= 15 is 0 Å². The lowest BCUT2D eigenvalue weighted by molar-refractivity contribution is 0.423. The molecule has 1 aromatic rings. The second-order valence-electron chi connectivity index (χ2n) is 5.07. The van der Waals surface area contributed by atoms with Crippen molar-refractivity contribution in [2.45, 2.75) is 48.4 Å². The van der Waals surface area contributed by atoms with E-state index in [-0.39, 0.29) is 6.04 Å². The van der Waals surface area contributed by atoms with E-state index in [9.17, 15) is 8.42 Å². The summed E-state index contributed by atoms with van der Waals surface area (Å²) in [5.41, 5.74) is 0. The molecule has 2 atom stereocenters. The highest BCUT2D eigenvalue weighted by molar-refractivity contribution is 7.99. The van der Waals surface area contributed by atoms with Crippen LogP contribution in [0.25, 0.3) is 0 Å². The summed E-state index contributed by atoms with van der Waals surface area (Å²) < 4.78 is 27.8. The van der Waals surface area contributed by atoms with Crippen LogP contribution in [-0.4, -0.2) is 33.0 Å². The minimum absolute atomic E-state index is 0.0661. The fourth-order valence-electron chi connectivity index (χ4n) is 2.55. The summed E-state index contributed by atoms with van der Waals surface area (Å²) in [6.45, 7) is 0.705. The Labute approximate surface area is 129 Å². The van der Waals surface area contributed by atoms with E-state index in [1.807, 2.05) is 7.05 Å². The quantitative estimate of drug-likeness (QED) is 0.839. The van der Waals surface area contributed by atoms with Crippen molar-refractivity contribution in [1.29, 1.82) is 0 Å². The highest BCUT2D eigenvalue weighted by Gasteiger charge is 2.29. The van der Waals surface area contributed by atoms with Gasteiger partial charge in [0, 0.05) is 28.1 Å². The summed E-state index contributed by atoms with van der Waals surface area (Å²) in [6.07, 6.45) is 6.42. The first-order chi connectivity index (χ1) is 9.56. The molecular weight excluding hydrogens is 312 g/mol. The van der Waals surface area contributed by atoms with Gasteiger partial charge in [-0.2, -0.15) is 11.8 Å². The van der Waals surface area contributed by atoms with Crippen molar-refractivity contribution < 1.29 is 8.42 Å². The molecular formula is C13H22N2O2S3. The van der Waals surface area contributed by atoms with Crippen molar-refractivity contribution in [2.24, 2.45) is 0 Å². The average Bonchev–Trinajstić information content (AvgIpc) is 2.89.